The second-order valence-electron chi connectivity index (χ2n) is 1.16. The Hall–Kier alpha value is 0.896. The predicted octanol–water partition coefficient (Wildman–Crippen LogP) is -3.31. The number of carbonyl (C=O) groups excluding carboxylic acids is 1. The largest absolute Gasteiger partial charge is 1.00 e. The fourth-order valence-corrected chi connectivity index (χ4v) is 0.164. The molecule has 0 rings (SSSR count). The van der Waals surface area contributed by atoms with Gasteiger partial charge in [-0.1, -0.05) is 0 Å². The Morgan fingerprint density at radius 1 is 1.44 bits per heavy atom. The number of carboxylic acids is 1. The molecule has 0 radical (unpaired) electrons. The number of halogens is 3. The third-order valence-electron chi connectivity index (χ3n) is 0.345. The van der Waals surface area contributed by atoms with Gasteiger partial charge in [-0.3, -0.25) is 0 Å². The zero-order valence-electron chi connectivity index (χ0n) is 4.66. The average molecular weight is 166 g/mol. The Morgan fingerprint density at radius 2 is 1.78 bits per heavy atom. The normalized spacial score (nSPS) is 10.1. The summed E-state index contributed by atoms with van der Waals surface area (Å²) in [6.07, 6.45) is -6.51. The molecule has 9 heavy (non-hydrogen) atoms. The maximum atomic E-state index is 10.9. The summed E-state index contributed by atoms with van der Waals surface area (Å²) in [5.41, 5.74) is 0. The van der Waals surface area contributed by atoms with Crippen molar-refractivity contribution in [2.24, 2.45) is 0 Å². The van der Waals surface area contributed by atoms with Gasteiger partial charge in [0.15, 0.2) is 0 Å². The molecule has 0 aromatic rings. The molecule has 0 fully saturated rings. The second kappa shape index (κ2) is 4.67. The standard InChI is InChI=1S/C3H3F3O2.K/c4-3(5,6)1-2(7)8;/h1H2,(H,7,8);/q;+1/p-1. The van der Waals surface area contributed by atoms with Gasteiger partial charge in [-0.25, -0.2) is 0 Å². The Bertz CT molecular complexity index is 99.7. The molecule has 0 aliphatic heterocycles. The third kappa shape index (κ3) is 12.2. The van der Waals surface area contributed by atoms with E-state index in [4.69, 9.17) is 0 Å². The van der Waals surface area contributed by atoms with Gasteiger partial charge in [0.25, 0.3) is 0 Å². The quantitative estimate of drug-likeness (QED) is 0.383. The Labute approximate surface area is 91.8 Å². The van der Waals surface area contributed by atoms with Crippen molar-refractivity contribution in [3.05, 3.63) is 0 Å². The van der Waals surface area contributed by atoms with Gasteiger partial charge in [0, 0.05) is 0 Å². The topological polar surface area (TPSA) is 40.1 Å². The molecule has 2 nitrogen and oxygen atoms in total. The maximum Gasteiger partial charge on any atom is 1.00 e. The van der Waals surface area contributed by atoms with E-state index in [1.54, 1.807) is 0 Å². The molecule has 0 heterocycles. The number of carbonyl (C=O) groups is 1. The predicted molar refractivity (Wildman–Crippen MR) is 15.7 cm³/mol. The number of hydrogen-bond donors (Lipinski definition) is 0. The number of hydrogen-bond acceptors (Lipinski definition) is 2. The average Bonchev–Trinajstić information content (AvgIpc) is 1.21. The van der Waals surface area contributed by atoms with Crippen molar-refractivity contribution < 1.29 is 74.5 Å². The first-order chi connectivity index (χ1) is 3.42. The molecule has 48 valence electrons. The van der Waals surface area contributed by atoms with E-state index in [9.17, 15) is 23.1 Å². The van der Waals surface area contributed by atoms with Crippen molar-refractivity contribution in [3.8, 4) is 0 Å². The third-order valence-corrected chi connectivity index (χ3v) is 0.345. The van der Waals surface area contributed by atoms with Gasteiger partial charge in [0.2, 0.25) is 0 Å². The van der Waals surface area contributed by atoms with Crippen molar-refractivity contribution in [2.75, 3.05) is 0 Å². The number of rotatable bonds is 1. The van der Waals surface area contributed by atoms with Crippen molar-refractivity contribution in [2.45, 2.75) is 12.6 Å². The summed E-state index contributed by atoms with van der Waals surface area (Å²) >= 11 is 0. The number of alkyl halides is 3. The molecule has 0 atom stereocenters. The second-order valence-corrected chi connectivity index (χ2v) is 1.16. The van der Waals surface area contributed by atoms with Crippen LogP contribution in [0.1, 0.15) is 6.42 Å². The van der Waals surface area contributed by atoms with E-state index in [1.165, 1.54) is 0 Å². The summed E-state index contributed by atoms with van der Waals surface area (Å²) < 4.78 is 32.7. The van der Waals surface area contributed by atoms with E-state index in [0.717, 1.165) is 0 Å². The van der Waals surface area contributed by atoms with E-state index in [-0.39, 0.29) is 51.4 Å². The van der Waals surface area contributed by atoms with E-state index < -0.39 is 18.6 Å². The van der Waals surface area contributed by atoms with Crippen molar-refractivity contribution in [3.63, 3.8) is 0 Å². The summed E-state index contributed by atoms with van der Waals surface area (Å²) in [6.45, 7) is 0. The molecule has 0 amide bonds. The summed E-state index contributed by atoms with van der Waals surface area (Å²) in [7, 11) is 0. The van der Waals surface area contributed by atoms with Gasteiger partial charge in [-0.05, 0) is 0 Å². The fraction of sp³-hybridized carbons (Fsp3) is 0.667. The summed E-state index contributed by atoms with van der Waals surface area (Å²) in [6, 6.07) is 0. The molecule has 0 aromatic carbocycles. The molecule has 0 aliphatic carbocycles. The first-order valence-electron chi connectivity index (χ1n) is 1.68. The maximum absolute atomic E-state index is 10.9. The zero-order valence-corrected chi connectivity index (χ0v) is 7.78. The molecule has 6 heteroatoms. The van der Waals surface area contributed by atoms with Crippen LogP contribution in [0.4, 0.5) is 13.2 Å². The first kappa shape index (κ1) is 12.6. The SMILES string of the molecule is O=C([O-])CC(F)(F)F.[K+]. The van der Waals surface area contributed by atoms with Gasteiger partial charge in [-0.15, -0.1) is 0 Å². The summed E-state index contributed by atoms with van der Waals surface area (Å²) in [5.74, 6) is -2.10. The summed E-state index contributed by atoms with van der Waals surface area (Å²) in [4.78, 5) is 9.18. The molecule has 0 aliphatic rings. The molecular weight excluding hydrogens is 164 g/mol. The van der Waals surface area contributed by atoms with Gasteiger partial charge in [0.05, 0.1) is 12.4 Å². The van der Waals surface area contributed by atoms with Gasteiger partial charge < -0.3 is 9.90 Å². The van der Waals surface area contributed by atoms with Crippen LogP contribution in [0.3, 0.4) is 0 Å². The van der Waals surface area contributed by atoms with Crippen LogP contribution >= 0.6 is 0 Å². The first-order valence-corrected chi connectivity index (χ1v) is 1.68. The minimum absolute atomic E-state index is 0. The van der Waals surface area contributed by atoms with Gasteiger partial charge in [-0.2, -0.15) is 13.2 Å². The van der Waals surface area contributed by atoms with Crippen molar-refractivity contribution in [1.29, 1.82) is 0 Å². The summed E-state index contributed by atoms with van der Waals surface area (Å²) in [5, 5.41) is 9.18. The van der Waals surface area contributed by atoms with Gasteiger partial charge in [0.1, 0.15) is 0 Å². The van der Waals surface area contributed by atoms with Crippen molar-refractivity contribution >= 4 is 5.97 Å². The Kier molecular flexibility index (Phi) is 6.52. The molecule has 0 saturated carbocycles. The minimum Gasteiger partial charge on any atom is -0.550 e. The van der Waals surface area contributed by atoms with Crippen LogP contribution in [-0.4, -0.2) is 12.1 Å². The van der Waals surface area contributed by atoms with Crippen LogP contribution in [0.25, 0.3) is 0 Å². The van der Waals surface area contributed by atoms with Crippen LogP contribution in [-0.2, 0) is 4.79 Å². The van der Waals surface area contributed by atoms with E-state index in [2.05, 4.69) is 0 Å². The zero-order chi connectivity index (χ0) is 6.78. The van der Waals surface area contributed by atoms with Gasteiger partial charge >= 0.3 is 57.6 Å². The molecule has 0 spiro atoms. The van der Waals surface area contributed by atoms with Crippen LogP contribution in [0.15, 0.2) is 0 Å². The van der Waals surface area contributed by atoms with E-state index >= 15 is 0 Å². The Balaban J connectivity index is 0. The van der Waals surface area contributed by atoms with Crippen molar-refractivity contribution in [1.82, 2.24) is 0 Å². The molecule has 0 saturated heterocycles. The fourth-order valence-electron chi connectivity index (χ4n) is 0.164. The van der Waals surface area contributed by atoms with Crippen LogP contribution < -0.4 is 56.5 Å². The minimum atomic E-state index is -4.64. The van der Waals surface area contributed by atoms with E-state index in [1.807, 2.05) is 0 Å². The Morgan fingerprint density at radius 3 is 1.78 bits per heavy atom. The monoisotopic (exact) mass is 166 g/mol. The van der Waals surface area contributed by atoms with Crippen LogP contribution in [0, 0.1) is 0 Å². The number of carboxylic acid groups (broad SMARTS) is 1. The molecule has 0 aromatic heterocycles. The molecule has 0 unspecified atom stereocenters. The molecule has 0 bridgehead atoms. The molecule has 0 N–H and O–H groups in total. The van der Waals surface area contributed by atoms with Crippen LogP contribution in [0.2, 0.25) is 0 Å². The smallest absolute Gasteiger partial charge is 0.550 e. The molecular formula is C3H2F3KO2. The number of aliphatic carboxylic acids is 1. The van der Waals surface area contributed by atoms with Crippen LogP contribution in [0.5, 0.6) is 0 Å². The van der Waals surface area contributed by atoms with E-state index in [0.29, 0.717) is 0 Å².